The van der Waals surface area contributed by atoms with E-state index in [-0.39, 0.29) is 11.7 Å². The minimum atomic E-state index is -0.517. The molecule has 1 aliphatic carbocycles. The average molecular weight is 320 g/mol. The first kappa shape index (κ1) is 16.0. The Morgan fingerprint density at radius 1 is 1.39 bits per heavy atom. The highest BCUT2D eigenvalue weighted by Crippen LogP contribution is 2.38. The van der Waals surface area contributed by atoms with Gasteiger partial charge < -0.3 is 19.6 Å². The third kappa shape index (κ3) is 3.38. The first-order chi connectivity index (χ1) is 11.1. The summed E-state index contributed by atoms with van der Waals surface area (Å²) in [6.07, 6.45) is 9.13. The van der Waals surface area contributed by atoms with Crippen LogP contribution >= 0.6 is 0 Å². The molecule has 3 atom stereocenters. The number of carbonyl (C=O) groups excluding carboxylic acids is 1. The number of imidazole rings is 1. The average Bonchev–Trinajstić information content (AvgIpc) is 3.02. The molecule has 1 saturated heterocycles. The Labute approximate surface area is 135 Å². The number of piperidine rings is 1. The van der Waals surface area contributed by atoms with Crippen molar-refractivity contribution in [1.82, 2.24) is 14.5 Å². The van der Waals surface area contributed by atoms with Crippen LogP contribution in [0.25, 0.3) is 0 Å². The summed E-state index contributed by atoms with van der Waals surface area (Å²) in [4.78, 5) is 28.6. The molecule has 126 valence electrons. The summed E-state index contributed by atoms with van der Waals surface area (Å²) in [6, 6.07) is 0.400. The zero-order valence-electron chi connectivity index (χ0n) is 13.6. The minimum absolute atomic E-state index is 0.170. The van der Waals surface area contributed by atoms with E-state index >= 15 is 0 Å². The van der Waals surface area contributed by atoms with E-state index in [0.717, 1.165) is 19.4 Å². The zero-order chi connectivity index (χ0) is 16.4. The molecule has 1 aromatic heterocycles. The lowest BCUT2D eigenvalue weighted by Gasteiger charge is -2.47. The summed E-state index contributed by atoms with van der Waals surface area (Å²) in [5.41, 5.74) is 0. The molecular formula is C16H24N4O3. The van der Waals surface area contributed by atoms with Gasteiger partial charge in [-0.05, 0) is 41.0 Å². The molecule has 2 aliphatic rings. The highest BCUT2D eigenvalue weighted by molar-refractivity contribution is 5.76. The Morgan fingerprint density at radius 2 is 2.17 bits per heavy atom. The Kier molecular flexibility index (Phi) is 4.63. The van der Waals surface area contributed by atoms with Crippen molar-refractivity contribution in [3.8, 4) is 0 Å². The second-order valence-electron chi connectivity index (χ2n) is 6.85. The predicted molar refractivity (Wildman–Crippen MR) is 84.7 cm³/mol. The standard InChI is InChI=1S/C16H24N4O3/c1-12-6-9-19(14-5-3-2-4-13(12)14)16(21)7-8-18-10-15(17-11-18)20(22)23/h10-14H,2-9H2,1H3/t12-,13+,14+/m1/s1. The molecule has 0 unspecified atom stereocenters. The van der Waals surface area contributed by atoms with Gasteiger partial charge in [0.2, 0.25) is 12.2 Å². The van der Waals surface area contributed by atoms with Gasteiger partial charge in [-0.15, -0.1) is 0 Å². The van der Waals surface area contributed by atoms with E-state index in [1.807, 2.05) is 0 Å². The number of aryl methyl sites for hydroxylation is 1. The second kappa shape index (κ2) is 6.68. The summed E-state index contributed by atoms with van der Waals surface area (Å²) in [7, 11) is 0. The van der Waals surface area contributed by atoms with Crippen LogP contribution < -0.4 is 0 Å². The van der Waals surface area contributed by atoms with E-state index in [0.29, 0.717) is 30.8 Å². The third-order valence-electron chi connectivity index (χ3n) is 5.45. The number of amides is 1. The number of hydrogen-bond donors (Lipinski definition) is 0. The van der Waals surface area contributed by atoms with Crippen molar-refractivity contribution in [2.75, 3.05) is 6.54 Å². The van der Waals surface area contributed by atoms with Crippen LogP contribution in [0.3, 0.4) is 0 Å². The quantitative estimate of drug-likeness (QED) is 0.631. The molecule has 1 aliphatic heterocycles. The van der Waals surface area contributed by atoms with Gasteiger partial charge in [-0.25, -0.2) is 0 Å². The summed E-state index contributed by atoms with van der Waals surface area (Å²) in [5.74, 6) is 1.36. The third-order valence-corrected chi connectivity index (χ3v) is 5.45. The lowest BCUT2D eigenvalue weighted by molar-refractivity contribution is -0.389. The van der Waals surface area contributed by atoms with Crippen LogP contribution in [-0.2, 0) is 11.3 Å². The van der Waals surface area contributed by atoms with Crippen molar-refractivity contribution >= 4 is 11.7 Å². The van der Waals surface area contributed by atoms with Crippen LogP contribution in [0.15, 0.2) is 12.5 Å². The predicted octanol–water partition coefficient (Wildman–Crippen LogP) is 2.61. The molecule has 2 fully saturated rings. The lowest BCUT2D eigenvalue weighted by atomic mass is 9.72. The molecule has 1 saturated carbocycles. The number of aromatic nitrogens is 2. The molecule has 0 aromatic carbocycles. The largest absolute Gasteiger partial charge is 0.381 e. The van der Waals surface area contributed by atoms with E-state index in [2.05, 4.69) is 16.8 Å². The maximum Gasteiger partial charge on any atom is 0.381 e. The van der Waals surface area contributed by atoms with Gasteiger partial charge in [0.1, 0.15) is 6.20 Å². The molecule has 0 bridgehead atoms. The molecule has 1 amide bonds. The zero-order valence-corrected chi connectivity index (χ0v) is 13.6. The topological polar surface area (TPSA) is 81.3 Å². The normalized spacial score (nSPS) is 27.5. The Bertz CT molecular complexity index is 586. The molecule has 3 rings (SSSR count). The fraction of sp³-hybridized carbons (Fsp3) is 0.750. The maximum atomic E-state index is 12.6. The monoisotopic (exact) mass is 320 g/mol. The van der Waals surface area contributed by atoms with Crippen LogP contribution in [0.5, 0.6) is 0 Å². The molecule has 2 heterocycles. The maximum absolute atomic E-state index is 12.6. The molecule has 0 radical (unpaired) electrons. The van der Waals surface area contributed by atoms with Crippen LogP contribution in [0.4, 0.5) is 5.82 Å². The fourth-order valence-electron chi connectivity index (χ4n) is 4.16. The number of hydrogen-bond acceptors (Lipinski definition) is 4. The summed E-state index contributed by atoms with van der Waals surface area (Å²) >= 11 is 0. The van der Waals surface area contributed by atoms with Gasteiger partial charge >= 0.3 is 5.82 Å². The SMILES string of the molecule is C[C@@H]1CCN(C(=O)CCn2cnc([N+](=O)[O-])c2)[C@H]2CCCC[C@@H]12. The van der Waals surface area contributed by atoms with E-state index in [4.69, 9.17) is 0 Å². The Morgan fingerprint density at radius 3 is 2.91 bits per heavy atom. The van der Waals surface area contributed by atoms with Gasteiger partial charge in [-0.1, -0.05) is 19.8 Å². The van der Waals surface area contributed by atoms with Crippen molar-refractivity contribution in [3.05, 3.63) is 22.6 Å². The first-order valence-corrected chi connectivity index (χ1v) is 8.52. The molecule has 7 nitrogen and oxygen atoms in total. The van der Waals surface area contributed by atoms with E-state index in [1.165, 1.54) is 31.8 Å². The van der Waals surface area contributed by atoms with E-state index in [9.17, 15) is 14.9 Å². The molecule has 23 heavy (non-hydrogen) atoms. The van der Waals surface area contributed by atoms with Crippen LogP contribution in [0.1, 0.15) is 45.4 Å². The summed E-state index contributed by atoms with van der Waals surface area (Å²) in [5, 5.41) is 10.6. The van der Waals surface area contributed by atoms with Gasteiger partial charge in [0, 0.05) is 25.6 Å². The van der Waals surface area contributed by atoms with Gasteiger partial charge in [0.15, 0.2) is 0 Å². The number of nitrogens with zero attached hydrogens (tertiary/aromatic N) is 4. The van der Waals surface area contributed by atoms with Crippen molar-refractivity contribution in [2.24, 2.45) is 11.8 Å². The second-order valence-corrected chi connectivity index (χ2v) is 6.85. The molecule has 1 aromatic rings. The number of rotatable bonds is 4. The van der Waals surface area contributed by atoms with Crippen molar-refractivity contribution in [3.63, 3.8) is 0 Å². The fourth-order valence-corrected chi connectivity index (χ4v) is 4.16. The number of carbonyl (C=O) groups is 1. The molecular weight excluding hydrogens is 296 g/mol. The summed E-state index contributed by atoms with van der Waals surface area (Å²) in [6.45, 7) is 3.61. The highest BCUT2D eigenvalue weighted by atomic mass is 16.6. The van der Waals surface area contributed by atoms with Gasteiger partial charge in [-0.3, -0.25) is 4.79 Å². The van der Waals surface area contributed by atoms with Crippen LogP contribution in [0, 0.1) is 22.0 Å². The lowest BCUT2D eigenvalue weighted by Crippen LogP contribution is -2.52. The van der Waals surface area contributed by atoms with Crippen molar-refractivity contribution < 1.29 is 9.72 Å². The summed E-state index contributed by atoms with van der Waals surface area (Å²) < 4.78 is 1.63. The molecule has 0 spiro atoms. The minimum Gasteiger partial charge on any atom is -0.358 e. The Balaban J connectivity index is 1.59. The smallest absolute Gasteiger partial charge is 0.358 e. The van der Waals surface area contributed by atoms with Gasteiger partial charge in [-0.2, -0.15) is 0 Å². The first-order valence-electron chi connectivity index (χ1n) is 8.52. The van der Waals surface area contributed by atoms with E-state index < -0.39 is 4.92 Å². The number of likely N-dealkylation sites (tertiary alicyclic amines) is 1. The van der Waals surface area contributed by atoms with E-state index in [1.54, 1.807) is 4.57 Å². The van der Waals surface area contributed by atoms with Crippen LogP contribution in [-0.4, -0.2) is 37.9 Å². The number of nitro groups is 1. The van der Waals surface area contributed by atoms with Crippen LogP contribution in [0.2, 0.25) is 0 Å². The van der Waals surface area contributed by atoms with Gasteiger partial charge in [0.05, 0.1) is 0 Å². The Hall–Kier alpha value is -1.92. The van der Waals surface area contributed by atoms with Crippen molar-refractivity contribution in [2.45, 2.75) is 58.0 Å². The highest BCUT2D eigenvalue weighted by Gasteiger charge is 2.39. The molecule has 7 heteroatoms. The van der Waals surface area contributed by atoms with Crippen molar-refractivity contribution in [1.29, 1.82) is 0 Å². The molecule has 0 N–H and O–H groups in total. The van der Waals surface area contributed by atoms with Gasteiger partial charge in [0.25, 0.3) is 0 Å². The number of fused-ring (bicyclic) bond motifs is 1.